The lowest BCUT2D eigenvalue weighted by Gasteiger charge is -2.30. The van der Waals surface area contributed by atoms with E-state index >= 15 is 0 Å². The Morgan fingerprint density at radius 2 is 2.09 bits per heavy atom. The van der Waals surface area contributed by atoms with Gasteiger partial charge in [-0.3, -0.25) is 4.40 Å². The molecule has 0 atom stereocenters. The first-order valence-electron chi connectivity index (χ1n) is 7.29. The fraction of sp³-hybridized carbons (Fsp3) is 0.312. The molecule has 22 heavy (non-hydrogen) atoms. The van der Waals surface area contributed by atoms with Gasteiger partial charge < -0.3 is 9.64 Å². The molecule has 0 spiro atoms. The summed E-state index contributed by atoms with van der Waals surface area (Å²) in [5.41, 5.74) is 1.59. The van der Waals surface area contributed by atoms with Crippen LogP contribution in [-0.2, 0) is 6.54 Å². The Bertz CT molecular complexity index is 826. The third kappa shape index (κ3) is 2.16. The molecule has 6 nitrogen and oxygen atoms in total. The van der Waals surface area contributed by atoms with Crippen LogP contribution in [0, 0.1) is 0 Å². The summed E-state index contributed by atoms with van der Waals surface area (Å²) in [6, 6.07) is 8.14. The molecule has 0 aliphatic carbocycles. The van der Waals surface area contributed by atoms with Gasteiger partial charge in [0, 0.05) is 24.5 Å². The van der Waals surface area contributed by atoms with E-state index in [0.29, 0.717) is 0 Å². The standard InChI is InChI=1S/C16H17N5O/c1-16(2)10-21(9-12-5-3-4-6-13(12)22-16)14-15-19-18-11-20(15)8-7-17-14/h3-8,11H,9-10H2,1-2H3. The maximum atomic E-state index is 6.18. The summed E-state index contributed by atoms with van der Waals surface area (Å²) >= 11 is 0. The number of hydrogen-bond acceptors (Lipinski definition) is 5. The molecule has 6 heteroatoms. The van der Waals surface area contributed by atoms with Crippen LogP contribution in [0.4, 0.5) is 5.82 Å². The number of rotatable bonds is 1. The first-order valence-corrected chi connectivity index (χ1v) is 7.29. The van der Waals surface area contributed by atoms with Gasteiger partial charge in [0.1, 0.15) is 17.7 Å². The van der Waals surface area contributed by atoms with Crippen molar-refractivity contribution in [2.24, 2.45) is 0 Å². The summed E-state index contributed by atoms with van der Waals surface area (Å²) in [5.74, 6) is 1.76. The SMILES string of the molecule is CC1(C)CN(c2nccn3cnnc23)Cc2ccccc2O1. The molecule has 1 aliphatic heterocycles. The van der Waals surface area contributed by atoms with Crippen molar-refractivity contribution in [1.82, 2.24) is 19.6 Å². The van der Waals surface area contributed by atoms with Crippen LogP contribution in [0.15, 0.2) is 43.0 Å². The lowest BCUT2D eigenvalue weighted by Crippen LogP contribution is -2.41. The van der Waals surface area contributed by atoms with Crippen LogP contribution in [0.2, 0.25) is 0 Å². The van der Waals surface area contributed by atoms with Crippen molar-refractivity contribution in [3.05, 3.63) is 48.5 Å². The van der Waals surface area contributed by atoms with E-state index in [4.69, 9.17) is 4.74 Å². The highest BCUT2D eigenvalue weighted by Crippen LogP contribution is 2.31. The molecular formula is C16H17N5O. The average molecular weight is 295 g/mol. The van der Waals surface area contributed by atoms with Crippen LogP contribution in [0.1, 0.15) is 19.4 Å². The molecule has 0 radical (unpaired) electrons. The van der Waals surface area contributed by atoms with Crippen LogP contribution >= 0.6 is 0 Å². The number of anilines is 1. The predicted octanol–water partition coefficient (Wildman–Crippen LogP) is 2.30. The van der Waals surface area contributed by atoms with Gasteiger partial charge in [0.25, 0.3) is 0 Å². The molecule has 0 unspecified atom stereocenters. The van der Waals surface area contributed by atoms with Gasteiger partial charge in [-0.25, -0.2) is 4.98 Å². The van der Waals surface area contributed by atoms with Crippen molar-refractivity contribution < 1.29 is 4.74 Å². The molecule has 1 aliphatic rings. The lowest BCUT2D eigenvalue weighted by molar-refractivity contribution is 0.121. The van der Waals surface area contributed by atoms with E-state index in [9.17, 15) is 0 Å². The summed E-state index contributed by atoms with van der Waals surface area (Å²) in [6.45, 7) is 5.64. The Morgan fingerprint density at radius 1 is 1.23 bits per heavy atom. The summed E-state index contributed by atoms with van der Waals surface area (Å²) < 4.78 is 8.06. The zero-order chi connectivity index (χ0) is 15.2. The van der Waals surface area contributed by atoms with Crippen LogP contribution in [0.5, 0.6) is 5.75 Å². The van der Waals surface area contributed by atoms with Crippen molar-refractivity contribution in [1.29, 1.82) is 0 Å². The van der Waals surface area contributed by atoms with Crippen molar-refractivity contribution in [2.75, 3.05) is 11.4 Å². The van der Waals surface area contributed by atoms with Gasteiger partial charge in [-0.05, 0) is 19.9 Å². The zero-order valence-corrected chi connectivity index (χ0v) is 12.6. The minimum absolute atomic E-state index is 0.318. The Balaban J connectivity index is 1.83. The molecule has 0 bridgehead atoms. The second kappa shape index (κ2) is 4.69. The molecule has 0 saturated carbocycles. The van der Waals surface area contributed by atoms with Crippen LogP contribution in [-0.4, -0.2) is 31.7 Å². The van der Waals surface area contributed by atoms with Crippen LogP contribution in [0.3, 0.4) is 0 Å². The molecule has 0 N–H and O–H groups in total. The largest absolute Gasteiger partial charge is 0.486 e. The van der Waals surface area contributed by atoms with Crippen LogP contribution in [0.25, 0.3) is 5.65 Å². The van der Waals surface area contributed by atoms with Gasteiger partial charge in [0.15, 0.2) is 5.82 Å². The summed E-state index contributed by atoms with van der Waals surface area (Å²) in [5, 5.41) is 8.17. The summed E-state index contributed by atoms with van der Waals surface area (Å²) in [6.07, 6.45) is 5.32. The highest BCUT2D eigenvalue weighted by atomic mass is 16.5. The van der Waals surface area contributed by atoms with Gasteiger partial charge in [0.05, 0.1) is 6.54 Å². The first kappa shape index (κ1) is 13.1. The topological polar surface area (TPSA) is 55.6 Å². The highest BCUT2D eigenvalue weighted by molar-refractivity contribution is 5.64. The Kier molecular flexibility index (Phi) is 2.79. The maximum absolute atomic E-state index is 6.18. The fourth-order valence-corrected chi connectivity index (χ4v) is 2.90. The van der Waals surface area contributed by atoms with Gasteiger partial charge in [-0.2, -0.15) is 0 Å². The van der Waals surface area contributed by atoms with Gasteiger partial charge in [0.2, 0.25) is 5.65 Å². The molecule has 112 valence electrons. The van der Waals surface area contributed by atoms with E-state index in [1.807, 2.05) is 28.8 Å². The van der Waals surface area contributed by atoms with Gasteiger partial charge in [-0.15, -0.1) is 10.2 Å². The molecule has 1 aromatic carbocycles. The number of hydrogen-bond donors (Lipinski definition) is 0. The van der Waals surface area contributed by atoms with E-state index in [2.05, 4.69) is 40.0 Å². The number of para-hydroxylation sites is 1. The van der Waals surface area contributed by atoms with E-state index in [0.717, 1.165) is 35.9 Å². The van der Waals surface area contributed by atoms with Crippen molar-refractivity contribution >= 4 is 11.5 Å². The Morgan fingerprint density at radius 3 is 3.00 bits per heavy atom. The normalized spacial score (nSPS) is 16.9. The summed E-state index contributed by atoms with van der Waals surface area (Å²) in [4.78, 5) is 6.73. The second-order valence-electron chi connectivity index (χ2n) is 6.14. The second-order valence-corrected chi connectivity index (χ2v) is 6.14. The molecule has 0 saturated heterocycles. The van der Waals surface area contributed by atoms with Crippen molar-refractivity contribution in [3.8, 4) is 5.75 Å². The van der Waals surface area contributed by atoms with E-state index in [-0.39, 0.29) is 5.60 Å². The molecule has 0 amide bonds. The van der Waals surface area contributed by atoms with Gasteiger partial charge >= 0.3 is 0 Å². The number of aromatic nitrogens is 4. The average Bonchev–Trinajstić information content (AvgIpc) is 2.91. The minimum atomic E-state index is -0.318. The van der Waals surface area contributed by atoms with E-state index in [1.54, 1.807) is 12.5 Å². The molecule has 3 aromatic rings. The molecule has 3 heterocycles. The number of benzene rings is 1. The molecule has 0 fully saturated rings. The number of nitrogens with zero attached hydrogens (tertiary/aromatic N) is 5. The quantitative estimate of drug-likeness (QED) is 0.689. The third-order valence-corrected chi connectivity index (χ3v) is 3.79. The van der Waals surface area contributed by atoms with E-state index in [1.165, 1.54) is 0 Å². The smallest absolute Gasteiger partial charge is 0.203 e. The first-order chi connectivity index (χ1) is 10.6. The fourth-order valence-electron chi connectivity index (χ4n) is 2.90. The summed E-state index contributed by atoms with van der Waals surface area (Å²) in [7, 11) is 0. The third-order valence-electron chi connectivity index (χ3n) is 3.79. The molecule has 2 aromatic heterocycles. The minimum Gasteiger partial charge on any atom is -0.486 e. The lowest BCUT2D eigenvalue weighted by atomic mass is 10.1. The Hall–Kier alpha value is -2.63. The van der Waals surface area contributed by atoms with Gasteiger partial charge in [-0.1, -0.05) is 18.2 Å². The Labute approximate surface area is 128 Å². The molecule has 4 rings (SSSR count). The highest BCUT2D eigenvalue weighted by Gasteiger charge is 2.30. The monoisotopic (exact) mass is 295 g/mol. The number of fused-ring (bicyclic) bond motifs is 2. The van der Waals surface area contributed by atoms with Crippen molar-refractivity contribution in [3.63, 3.8) is 0 Å². The van der Waals surface area contributed by atoms with E-state index < -0.39 is 0 Å². The predicted molar refractivity (Wildman–Crippen MR) is 83.0 cm³/mol. The van der Waals surface area contributed by atoms with Crippen molar-refractivity contribution in [2.45, 2.75) is 26.0 Å². The zero-order valence-electron chi connectivity index (χ0n) is 12.6. The van der Waals surface area contributed by atoms with Crippen LogP contribution < -0.4 is 9.64 Å². The maximum Gasteiger partial charge on any atom is 0.203 e. The number of ether oxygens (including phenoxy) is 1. The molecular weight excluding hydrogens is 278 g/mol.